The standard InChI is InChI=1S/C18H17ClN2O3/c1-23-13-7-8-16(24-2)14(9-13)17(22)18-20-10-15(21-18)11-3-5-12(19)6-4-11/h3-10,17,22H,1-2H3,(H,20,21). The summed E-state index contributed by atoms with van der Waals surface area (Å²) in [5.74, 6) is 1.62. The van der Waals surface area contributed by atoms with Crippen molar-refractivity contribution in [2.45, 2.75) is 6.10 Å². The summed E-state index contributed by atoms with van der Waals surface area (Å²) in [5.41, 5.74) is 2.30. The highest BCUT2D eigenvalue weighted by atomic mass is 35.5. The van der Waals surface area contributed by atoms with Gasteiger partial charge in [0.15, 0.2) is 0 Å². The fourth-order valence-corrected chi connectivity index (χ4v) is 2.58. The average Bonchev–Trinajstić information content (AvgIpc) is 3.11. The molecule has 1 heterocycles. The highest BCUT2D eigenvalue weighted by molar-refractivity contribution is 6.30. The van der Waals surface area contributed by atoms with Gasteiger partial charge in [0, 0.05) is 10.6 Å². The van der Waals surface area contributed by atoms with E-state index in [0.717, 1.165) is 11.3 Å². The van der Waals surface area contributed by atoms with Gasteiger partial charge in [0.2, 0.25) is 0 Å². The van der Waals surface area contributed by atoms with E-state index in [2.05, 4.69) is 9.97 Å². The maximum absolute atomic E-state index is 10.7. The van der Waals surface area contributed by atoms with Crippen LogP contribution in [0.3, 0.4) is 0 Å². The van der Waals surface area contributed by atoms with Crippen molar-refractivity contribution in [1.82, 2.24) is 9.97 Å². The topological polar surface area (TPSA) is 67.4 Å². The van der Waals surface area contributed by atoms with E-state index in [1.165, 1.54) is 0 Å². The molecule has 5 nitrogen and oxygen atoms in total. The minimum atomic E-state index is -0.962. The molecular weight excluding hydrogens is 328 g/mol. The predicted molar refractivity (Wildman–Crippen MR) is 92.6 cm³/mol. The second kappa shape index (κ2) is 6.95. The molecule has 3 aromatic rings. The molecule has 1 aromatic heterocycles. The van der Waals surface area contributed by atoms with Gasteiger partial charge in [0.1, 0.15) is 23.4 Å². The van der Waals surface area contributed by atoms with Crippen molar-refractivity contribution in [3.8, 4) is 22.8 Å². The lowest BCUT2D eigenvalue weighted by molar-refractivity contribution is 0.205. The third kappa shape index (κ3) is 3.22. The summed E-state index contributed by atoms with van der Waals surface area (Å²) in [7, 11) is 3.13. The van der Waals surface area contributed by atoms with Crippen molar-refractivity contribution in [2.75, 3.05) is 14.2 Å². The molecule has 124 valence electrons. The van der Waals surface area contributed by atoms with Crippen LogP contribution in [0, 0.1) is 0 Å². The first-order valence-electron chi connectivity index (χ1n) is 7.33. The van der Waals surface area contributed by atoms with Gasteiger partial charge in [-0.1, -0.05) is 23.7 Å². The third-order valence-corrected chi connectivity index (χ3v) is 3.99. The normalized spacial score (nSPS) is 12.0. The van der Waals surface area contributed by atoms with Crippen molar-refractivity contribution in [3.05, 3.63) is 65.1 Å². The van der Waals surface area contributed by atoms with E-state index in [1.54, 1.807) is 50.7 Å². The average molecular weight is 345 g/mol. The van der Waals surface area contributed by atoms with E-state index >= 15 is 0 Å². The molecule has 0 aliphatic carbocycles. The number of rotatable bonds is 5. The highest BCUT2D eigenvalue weighted by Crippen LogP contribution is 2.32. The summed E-state index contributed by atoms with van der Waals surface area (Å²) >= 11 is 5.91. The number of benzene rings is 2. The Kier molecular flexibility index (Phi) is 4.74. The van der Waals surface area contributed by atoms with E-state index in [4.69, 9.17) is 21.1 Å². The minimum absolute atomic E-state index is 0.423. The molecule has 0 aliphatic heterocycles. The molecule has 1 atom stereocenters. The van der Waals surface area contributed by atoms with Crippen molar-refractivity contribution in [1.29, 1.82) is 0 Å². The Balaban J connectivity index is 1.93. The fraction of sp³-hybridized carbons (Fsp3) is 0.167. The Bertz CT molecular complexity index is 831. The lowest BCUT2D eigenvalue weighted by Crippen LogP contribution is -2.05. The second-order valence-electron chi connectivity index (χ2n) is 5.20. The summed E-state index contributed by atoms with van der Waals surface area (Å²) in [4.78, 5) is 7.42. The number of aliphatic hydroxyl groups is 1. The van der Waals surface area contributed by atoms with Crippen LogP contribution in [0.5, 0.6) is 11.5 Å². The first-order valence-corrected chi connectivity index (χ1v) is 7.71. The number of H-pyrrole nitrogens is 1. The maximum atomic E-state index is 10.7. The largest absolute Gasteiger partial charge is 0.497 e. The lowest BCUT2D eigenvalue weighted by Gasteiger charge is -2.14. The summed E-state index contributed by atoms with van der Waals surface area (Å²) in [6.45, 7) is 0. The molecule has 0 bridgehead atoms. The van der Waals surface area contributed by atoms with E-state index < -0.39 is 6.10 Å². The number of ether oxygens (including phenoxy) is 2. The molecular formula is C18H17ClN2O3. The molecule has 2 aromatic carbocycles. The number of hydrogen-bond acceptors (Lipinski definition) is 4. The number of hydrogen-bond donors (Lipinski definition) is 2. The summed E-state index contributed by atoms with van der Waals surface area (Å²) < 4.78 is 10.5. The summed E-state index contributed by atoms with van der Waals surface area (Å²) in [5, 5.41) is 11.3. The van der Waals surface area contributed by atoms with Gasteiger partial charge in [0.25, 0.3) is 0 Å². The molecule has 0 aliphatic rings. The number of nitrogens with zero attached hydrogens (tertiary/aromatic N) is 1. The van der Waals surface area contributed by atoms with Crippen LogP contribution in [0.4, 0.5) is 0 Å². The van der Waals surface area contributed by atoms with Crippen LogP contribution in [0.1, 0.15) is 17.5 Å². The van der Waals surface area contributed by atoms with E-state index in [-0.39, 0.29) is 0 Å². The molecule has 0 radical (unpaired) electrons. The third-order valence-electron chi connectivity index (χ3n) is 3.74. The molecule has 0 spiro atoms. The smallest absolute Gasteiger partial charge is 0.140 e. The predicted octanol–water partition coefficient (Wildman–Crippen LogP) is 3.83. The molecule has 0 amide bonds. The van der Waals surface area contributed by atoms with Crippen molar-refractivity contribution < 1.29 is 14.6 Å². The quantitative estimate of drug-likeness (QED) is 0.738. The van der Waals surface area contributed by atoms with Gasteiger partial charge in [-0.2, -0.15) is 0 Å². The van der Waals surface area contributed by atoms with Crippen molar-refractivity contribution >= 4 is 11.6 Å². The van der Waals surface area contributed by atoms with Crippen molar-refractivity contribution in [3.63, 3.8) is 0 Å². The Morgan fingerprint density at radius 2 is 1.83 bits per heavy atom. The van der Waals surface area contributed by atoms with Gasteiger partial charge in [-0.05, 0) is 35.9 Å². The van der Waals surface area contributed by atoms with E-state index in [0.29, 0.717) is 27.9 Å². The number of aromatic nitrogens is 2. The van der Waals surface area contributed by atoms with Gasteiger partial charge < -0.3 is 19.6 Å². The lowest BCUT2D eigenvalue weighted by atomic mass is 10.1. The number of aromatic amines is 1. The van der Waals surface area contributed by atoms with Crippen LogP contribution in [-0.2, 0) is 0 Å². The van der Waals surface area contributed by atoms with Crippen LogP contribution in [0.2, 0.25) is 5.02 Å². The number of imidazole rings is 1. The van der Waals surface area contributed by atoms with Crippen LogP contribution in [0.25, 0.3) is 11.3 Å². The Morgan fingerprint density at radius 3 is 2.50 bits per heavy atom. The van der Waals surface area contributed by atoms with Crippen LogP contribution in [-0.4, -0.2) is 29.3 Å². The van der Waals surface area contributed by atoms with Gasteiger partial charge in [-0.15, -0.1) is 0 Å². The number of halogens is 1. The number of aliphatic hydroxyl groups excluding tert-OH is 1. The summed E-state index contributed by atoms with van der Waals surface area (Å²) in [6.07, 6.45) is 0.713. The zero-order valence-corrected chi connectivity index (χ0v) is 14.0. The molecule has 1 unspecified atom stereocenters. The SMILES string of the molecule is COc1ccc(OC)c(C(O)c2ncc(-c3ccc(Cl)cc3)[nH]2)c1. The molecule has 24 heavy (non-hydrogen) atoms. The van der Waals surface area contributed by atoms with Crippen LogP contribution >= 0.6 is 11.6 Å². The molecule has 3 rings (SSSR count). The van der Waals surface area contributed by atoms with Gasteiger partial charge in [-0.25, -0.2) is 4.98 Å². The number of methoxy groups -OCH3 is 2. The van der Waals surface area contributed by atoms with Crippen molar-refractivity contribution in [2.24, 2.45) is 0 Å². The van der Waals surface area contributed by atoms with E-state index in [1.807, 2.05) is 12.1 Å². The second-order valence-corrected chi connectivity index (χ2v) is 5.64. The fourth-order valence-electron chi connectivity index (χ4n) is 2.45. The maximum Gasteiger partial charge on any atom is 0.140 e. The van der Waals surface area contributed by atoms with Crippen LogP contribution < -0.4 is 9.47 Å². The van der Waals surface area contributed by atoms with Crippen LogP contribution in [0.15, 0.2) is 48.7 Å². The Morgan fingerprint density at radius 1 is 1.08 bits per heavy atom. The minimum Gasteiger partial charge on any atom is -0.497 e. The Labute approximate surface area is 144 Å². The van der Waals surface area contributed by atoms with Gasteiger partial charge in [-0.3, -0.25) is 0 Å². The molecule has 0 fully saturated rings. The summed E-state index contributed by atoms with van der Waals surface area (Å²) in [6, 6.07) is 12.6. The molecule has 0 saturated heterocycles. The number of nitrogens with one attached hydrogen (secondary N) is 1. The first kappa shape index (κ1) is 16.4. The molecule has 0 saturated carbocycles. The zero-order valence-electron chi connectivity index (χ0n) is 13.3. The molecule has 2 N–H and O–H groups in total. The zero-order chi connectivity index (χ0) is 17.1. The first-order chi connectivity index (χ1) is 11.6. The molecule has 6 heteroatoms. The Hall–Kier alpha value is -2.50. The van der Waals surface area contributed by atoms with Gasteiger partial charge >= 0.3 is 0 Å². The highest BCUT2D eigenvalue weighted by Gasteiger charge is 2.19. The van der Waals surface area contributed by atoms with E-state index in [9.17, 15) is 5.11 Å². The van der Waals surface area contributed by atoms with Gasteiger partial charge in [0.05, 0.1) is 26.1 Å². The monoisotopic (exact) mass is 344 g/mol.